The average molecular weight is 255 g/mol. The highest BCUT2D eigenvalue weighted by atomic mass is 16.4. The average Bonchev–Trinajstić information content (AvgIpc) is 2.71. The largest absolute Gasteiger partial charge is 0.407 e. The summed E-state index contributed by atoms with van der Waals surface area (Å²) in [5.41, 5.74) is -0.0108. The minimum absolute atomic E-state index is 0.0108. The fourth-order valence-electron chi connectivity index (χ4n) is 1.15. The number of carbonyl (C=O) groups is 1. The van der Waals surface area contributed by atoms with E-state index in [0.29, 0.717) is 19.0 Å². The van der Waals surface area contributed by atoms with Crippen LogP contribution in [0.5, 0.6) is 0 Å². The molecular formula is C11H21N5O2. The Balaban J connectivity index is 2.36. The van der Waals surface area contributed by atoms with Gasteiger partial charge in [-0.2, -0.15) is 0 Å². The maximum absolute atomic E-state index is 11.2. The second-order valence-corrected chi connectivity index (χ2v) is 4.91. The smallest absolute Gasteiger partial charge is 0.315 e. The Kier molecular flexibility index (Phi) is 5.08. The molecule has 1 aromatic rings. The fourth-order valence-corrected chi connectivity index (χ4v) is 1.15. The zero-order valence-electron chi connectivity index (χ0n) is 11.3. The summed E-state index contributed by atoms with van der Waals surface area (Å²) in [4.78, 5) is 11.2. The quantitative estimate of drug-likeness (QED) is 0.686. The highest BCUT2D eigenvalue weighted by Crippen LogP contribution is 2.06. The minimum Gasteiger partial charge on any atom is -0.407 e. The molecule has 1 heterocycles. The van der Waals surface area contributed by atoms with Gasteiger partial charge in [0, 0.05) is 12.1 Å². The number of anilines is 1. The van der Waals surface area contributed by atoms with Crippen LogP contribution < -0.4 is 16.0 Å². The molecule has 0 aliphatic heterocycles. The van der Waals surface area contributed by atoms with Crippen molar-refractivity contribution in [3.63, 3.8) is 0 Å². The van der Waals surface area contributed by atoms with Crippen molar-refractivity contribution in [3.8, 4) is 0 Å². The Morgan fingerprint density at radius 3 is 2.67 bits per heavy atom. The van der Waals surface area contributed by atoms with Gasteiger partial charge in [-0.3, -0.25) is 4.79 Å². The van der Waals surface area contributed by atoms with Crippen molar-refractivity contribution in [2.24, 2.45) is 0 Å². The van der Waals surface area contributed by atoms with Gasteiger partial charge in [-0.05, 0) is 27.7 Å². The molecule has 1 rings (SSSR count). The molecule has 0 radical (unpaired) electrons. The SMILES string of the molecule is CCNC(=O)CNc1nnc(CNC(C)(C)C)o1. The van der Waals surface area contributed by atoms with E-state index in [4.69, 9.17) is 4.42 Å². The molecule has 0 fully saturated rings. The maximum Gasteiger partial charge on any atom is 0.315 e. The van der Waals surface area contributed by atoms with Crippen LogP contribution in [-0.4, -0.2) is 34.7 Å². The Labute approximate surface area is 107 Å². The normalized spacial score (nSPS) is 11.3. The van der Waals surface area contributed by atoms with E-state index in [9.17, 15) is 4.79 Å². The van der Waals surface area contributed by atoms with Crippen LogP contribution in [0.3, 0.4) is 0 Å². The molecule has 0 aliphatic carbocycles. The van der Waals surface area contributed by atoms with E-state index >= 15 is 0 Å². The molecule has 0 aromatic carbocycles. The Morgan fingerprint density at radius 2 is 2.06 bits per heavy atom. The number of rotatable bonds is 6. The van der Waals surface area contributed by atoms with Gasteiger partial charge in [0.1, 0.15) is 0 Å². The number of likely N-dealkylation sites (N-methyl/N-ethyl adjacent to an activating group) is 1. The third-order valence-corrected chi connectivity index (χ3v) is 2.01. The molecular weight excluding hydrogens is 234 g/mol. The first kappa shape index (κ1) is 14.4. The van der Waals surface area contributed by atoms with Gasteiger partial charge < -0.3 is 20.4 Å². The number of hydrogen-bond donors (Lipinski definition) is 3. The lowest BCUT2D eigenvalue weighted by Gasteiger charge is -2.18. The molecule has 0 unspecified atom stereocenters. The van der Waals surface area contributed by atoms with Crippen molar-refractivity contribution in [1.82, 2.24) is 20.8 Å². The first-order valence-electron chi connectivity index (χ1n) is 5.98. The first-order valence-corrected chi connectivity index (χ1v) is 5.98. The summed E-state index contributed by atoms with van der Waals surface area (Å²) in [7, 11) is 0. The zero-order valence-corrected chi connectivity index (χ0v) is 11.3. The standard InChI is InChI=1S/C11H21N5O2/c1-5-12-8(17)6-13-10-16-15-9(18-10)7-14-11(2,3)4/h14H,5-7H2,1-4H3,(H,12,17)(H,13,16). The van der Waals surface area contributed by atoms with Crippen LogP contribution in [0.2, 0.25) is 0 Å². The molecule has 3 N–H and O–H groups in total. The predicted molar refractivity (Wildman–Crippen MR) is 68.1 cm³/mol. The molecule has 18 heavy (non-hydrogen) atoms. The molecule has 7 heteroatoms. The summed E-state index contributed by atoms with van der Waals surface area (Å²) in [6.07, 6.45) is 0. The molecule has 1 aromatic heterocycles. The van der Waals surface area contributed by atoms with E-state index in [1.165, 1.54) is 0 Å². The van der Waals surface area contributed by atoms with Crippen LogP contribution in [0, 0.1) is 0 Å². The summed E-state index contributed by atoms with van der Waals surface area (Å²) >= 11 is 0. The van der Waals surface area contributed by atoms with Crippen LogP contribution in [0.25, 0.3) is 0 Å². The van der Waals surface area contributed by atoms with Gasteiger partial charge >= 0.3 is 6.01 Å². The van der Waals surface area contributed by atoms with Crippen LogP contribution in [0.1, 0.15) is 33.6 Å². The third-order valence-electron chi connectivity index (χ3n) is 2.01. The number of nitrogens with zero attached hydrogens (tertiary/aromatic N) is 2. The van der Waals surface area contributed by atoms with Gasteiger partial charge in [0.15, 0.2) is 0 Å². The van der Waals surface area contributed by atoms with E-state index in [1.54, 1.807) is 0 Å². The summed E-state index contributed by atoms with van der Waals surface area (Å²) in [6.45, 7) is 9.25. The van der Waals surface area contributed by atoms with Crippen molar-refractivity contribution in [3.05, 3.63) is 5.89 Å². The van der Waals surface area contributed by atoms with Crippen LogP contribution >= 0.6 is 0 Å². The van der Waals surface area contributed by atoms with Gasteiger partial charge in [0.25, 0.3) is 0 Å². The third kappa shape index (κ3) is 5.62. The van der Waals surface area contributed by atoms with E-state index in [-0.39, 0.29) is 24.0 Å². The van der Waals surface area contributed by atoms with Crippen molar-refractivity contribution in [2.75, 3.05) is 18.4 Å². The second kappa shape index (κ2) is 6.34. The second-order valence-electron chi connectivity index (χ2n) is 4.91. The molecule has 1 amide bonds. The van der Waals surface area contributed by atoms with Crippen molar-refractivity contribution < 1.29 is 9.21 Å². The van der Waals surface area contributed by atoms with Gasteiger partial charge in [-0.15, -0.1) is 5.10 Å². The number of carbonyl (C=O) groups excluding carboxylic acids is 1. The van der Waals surface area contributed by atoms with Crippen LogP contribution in [0.4, 0.5) is 6.01 Å². The van der Waals surface area contributed by atoms with Crippen LogP contribution in [0.15, 0.2) is 4.42 Å². The lowest BCUT2D eigenvalue weighted by molar-refractivity contribution is -0.119. The number of hydrogen-bond acceptors (Lipinski definition) is 6. The molecule has 0 saturated heterocycles. The van der Waals surface area contributed by atoms with E-state index in [1.807, 2.05) is 6.92 Å². The Morgan fingerprint density at radius 1 is 1.33 bits per heavy atom. The van der Waals surface area contributed by atoms with Gasteiger partial charge in [0.2, 0.25) is 11.8 Å². The van der Waals surface area contributed by atoms with Crippen molar-refractivity contribution >= 4 is 11.9 Å². The number of amides is 1. The van der Waals surface area contributed by atoms with E-state index in [0.717, 1.165) is 0 Å². The van der Waals surface area contributed by atoms with E-state index < -0.39 is 0 Å². The van der Waals surface area contributed by atoms with E-state index in [2.05, 4.69) is 46.9 Å². The lowest BCUT2D eigenvalue weighted by atomic mass is 10.1. The van der Waals surface area contributed by atoms with Crippen molar-refractivity contribution in [1.29, 1.82) is 0 Å². The van der Waals surface area contributed by atoms with Gasteiger partial charge in [-0.1, -0.05) is 5.10 Å². The van der Waals surface area contributed by atoms with Gasteiger partial charge in [-0.25, -0.2) is 0 Å². The van der Waals surface area contributed by atoms with Gasteiger partial charge in [0.05, 0.1) is 13.1 Å². The molecule has 0 aliphatic rings. The summed E-state index contributed by atoms with van der Waals surface area (Å²) in [5.74, 6) is 0.383. The molecule has 7 nitrogen and oxygen atoms in total. The number of nitrogens with one attached hydrogen (secondary N) is 3. The first-order chi connectivity index (χ1) is 8.40. The molecule has 0 saturated carbocycles. The highest BCUT2D eigenvalue weighted by Gasteiger charge is 2.12. The van der Waals surface area contributed by atoms with Crippen LogP contribution in [-0.2, 0) is 11.3 Å². The molecule has 0 atom stereocenters. The topological polar surface area (TPSA) is 92.1 Å². The highest BCUT2D eigenvalue weighted by molar-refractivity contribution is 5.79. The maximum atomic E-state index is 11.2. The molecule has 0 bridgehead atoms. The summed E-state index contributed by atoms with van der Waals surface area (Å²) in [5, 5.41) is 16.3. The number of aromatic nitrogens is 2. The molecule has 102 valence electrons. The fraction of sp³-hybridized carbons (Fsp3) is 0.727. The lowest BCUT2D eigenvalue weighted by Crippen LogP contribution is -2.35. The zero-order chi connectivity index (χ0) is 13.6. The Bertz CT molecular complexity index is 383. The molecule has 0 spiro atoms. The minimum atomic E-state index is -0.106. The summed E-state index contributed by atoms with van der Waals surface area (Å²) in [6, 6.07) is 0.256. The Hall–Kier alpha value is -1.63. The monoisotopic (exact) mass is 255 g/mol. The summed E-state index contributed by atoms with van der Waals surface area (Å²) < 4.78 is 5.33. The predicted octanol–water partition coefficient (Wildman–Crippen LogP) is 0.506. The van der Waals surface area contributed by atoms with Crippen molar-refractivity contribution in [2.45, 2.75) is 39.8 Å².